The second-order valence-electron chi connectivity index (χ2n) is 4.64. The largest absolute Gasteiger partial charge is 0.478 e. The van der Waals surface area contributed by atoms with Gasteiger partial charge in [-0.3, -0.25) is 0 Å². The lowest BCUT2D eigenvalue weighted by molar-refractivity contribution is 0.0692. The molecule has 0 unspecified atom stereocenters. The minimum Gasteiger partial charge on any atom is -0.478 e. The van der Waals surface area contributed by atoms with Crippen molar-refractivity contribution in [2.24, 2.45) is 0 Å². The minimum atomic E-state index is -1.28. The predicted molar refractivity (Wildman–Crippen MR) is 81.3 cm³/mol. The Kier molecular flexibility index (Phi) is 3.35. The number of carboxylic acids is 1. The third kappa shape index (κ3) is 2.36. The van der Waals surface area contributed by atoms with Crippen LogP contribution in [0, 0.1) is 5.82 Å². The van der Waals surface area contributed by atoms with Gasteiger partial charge in [0.05, 0.1) is 5.56 Å². The zero-order valence-corrected chi connectivity index (χ0v) is 11.6. The van der Waals surface area contributed by atoms with Crippen molar-refractivity contribution < 1.29 is 14.3 Å². The average molecular weight is 301 g/mol. The van der Waals surface area contributed by atoms with E-state index in [-0.39, 0.29) is 5.56 Å². The molecule has 0 saturated heterocycles. The molecule has 0 aromatic heterocycles. The fourth-order valence-corrected chi connectivity index (χ4v) is 2.60. The molecule has 0 bridgehead atoms. The van der Waals surface area contributed by atoms with Gasteiger partial charge in [0.2, 0.25) is 0 Å². The van der Waals surface area contributed by atoms with Crippen LogP contribution >= 0.6 is 11.6 Å². The van der Waals surface area contributed by atoms with E-state index in [1.165, 1.54) is 12.1 Å². The normalized spacial score (nSPS) is 10.8. The van der Waals surface area contributed by atoms with Gasteiger partial charge < -0.3 is 5.11 Å². The lowest BCUT2D eigenvalue weighted by Crippen LogP contribution is -2.00. The first-order valence-electron chi connectivity index (χ1n) is 6.28. The second-order valence-corrected chi connectivity index (χ2v) is 5.05. The highest BCUT2D eigenvalue weighted by atomic mass is 35.5. The molecule has 21 heavy (non-hydrogen) atoms. The highest BCUT2D eigenvalue weighted by molar-refractivity contribution is 6.36. The molecular formula is C17H10ClFO2. The molecule has 0 radical (unpaired) electrons. The van der Waals surface area contributed by atoms with E-state index in [2.05, 4.69) is 0 Å². The van der Waals surface area contributed by atoms with Crippen LogP contribution < -0.4 is 0 Å². The Morgan fingerprint density at radius 3 is 2.38 bits per heavy atom. The topological polar surface area (TPSA) is 37.3 Å². The highest BCUT2D eigenvalue weighted by Gasteiger charge is 2.13. The van der Waals surface area contributed by atoms with Crippen LogP contribution in [0.15, 0.2) is 54.6 Å². The number of hydrogen-bond acceptors (Lipinski definition) is 1. The van der Waals surface area contributed by atoms with Gasteiger partial charge in [0, 0.05) is 10.4 Å². The summed E-state index contributed by atoms with van der Waals surface area (Å²) in [5, 5.41) is 11.3. The van der Waals surface area contributed by atoms with Crippen molar-refractivity contribution in [3.63, 3.8) is 0 Å². The van der Waals surface area contributed by atoms with Crippen LogP contribution in [0.5, 0.6) is 0 Å². The highest BCUT2D eigenvalue weighted by Crippen LogP contribution is 2.33. The Morgan fingerprint density at radius 1 is 1.00 bits per heavy atom. The Balaban J connectivity index is 2.24. The van der Waals surface area contributed by atoms with E-state index >= 15 is 0 Å². The van der Waals surface area contributed by atoms with Crippen molar-refractivity contribution in [2.45, 2.75) is 0 Å². The van der Waals surface area contributed by atoms with Crippen LogP contribution in [0.25, 0.3) is 21.9 Å². The Hall–Kier alpha value is -2.39. The summed E-state index contributed by atoms with van der Waals surface area (Å²) in [5.41, 5.74) is 1.09. The number of aromatic carboxylic acids is 1. The van der Waals surface area contributed by atoms with Gasteiger partial charge in [-0.2, -0.15) is 0 Å². The van der Waals surface area contributed by atoms with Crippen LogP contribution in [-0.2, 0) is 0 Å². The van der Waals surface area contributed by atoms with E-state index in [1.54, 1.807) is 18.2 Å². The van der Waals surface area contributed by atoms with Crippen LogP contribution in [0.4, 0.5) is 4.39 Å². The molecule has 0 fully saturated rings. The molecule has 0 aliphatic rings. The van der Waals surface area contributed by atoms with Crippen LogP contribution in [0.3, 0.4) is 0 Å². The number of hydrogen-bond donors (Lipinski definition) is 1. The van der Waals surface area contributed by atoms with Gasteiger partial charge in [-0.15, -0.1) is 0 Å². The van der Waals surface area contributed by atoms with Gasteiger partial charge in [-0.1, -0.05) is 48.0 Å². The van der Waals surface area contributed by atoms with Crippen LogP contribution in [0.1, 0.15) is 10.4 Å². The fourth-order valence-electron chi connectivity index (χ4n) is 2.37. The Labute approximate surface area is 125 Å². The number of halogens is 2. The summed E-state index contributed by atoms with van der Waals surface area (Å²) in [5.74, 6) is -2.03. The van der Waals surface area contributed by atoms with Crippen LogP contribution in [-0.4, -0.2) is 11.1 Å². The number of rotatable bonds is 2. The molecule has 1 N–H and O–H groups in total. The van der Waals surface area contributed by atoms with E-state index in [1.807, 2.05) is 24.3 Å². The van der Waals surface area contributed by atoms with Crippen molar-refractivity contribution in [3.05, 3.63) is 71.0 Å². The predicted octanol–water partition coefficient (Wildman–Crippen LogP) is 5.00. The van der Waals surface area contributed by atoms with Crippen molar-refractivity contribution in [3.8, 4) is 11.1 Å². The van der Waals surface area contributed by atoms with Crippen LogP contribution in [0.2, 0.25) is 5.02 Å². The summed E-state index contributed by atoms with van der Waals surface area (Å²) in [6.45, 7) is 0. The number of carbonyl (C=O) groups is 1. The average Bonchev–Trinajstić information content (AvgIpc) is 2.47. The molecule has 0 spiro atoms. The molecule has 0 heterocycles. The Morgan fingerprint density at radius 2 is 1.71 bits per heavy atom. The maximum Gasteiger partial charge on any atom is 0.338 e. The second kappa shape index (κ2) is 5.19. The number of benzene rings is 3. The van der Waals surface area contributed by atoms with E-state index < -0.39 is 11.8 Å². The first-order chi connectivity index (χ1) is 10.1. The third-order valence-electron chi connectivity index (χ3n) is 3.38. The summed E-state index contributed by atoms with van der Waals surface area (Å²) >= 11 is 6.16. The van der Waals surface area contributed by atoms with Gasteiger partial charge in [0.15, 0.2) is 0 Å². The smallest absolute Gasteiger partial charge is 0.338 e. The molecular weight excluding hydrogens is 291 g/mol. The Bertz CT molecular complexity index is 859. The summed E-state index contributed by atoms with van der Waals surface area (Å²) in [6, 6.07) is 15.2. The maximum atomic E-state index is 13.9. The molecule has 2 nitrogen and oxygen atoms in total. The monoisotopic (exact) mass is 300 g/mol. The first kappa shape index (κ1) is 13.6. The van der Waals surface area contributed by atoms with E-state index in [9.17, 15) is 9.18 Å². The molecule has 0 aliphatic heterocycles. The van der Waals surface area contributed by atoms with Gasteiger partial charge >= 0.3 is 5.97 Å². The minimum absolute atomic E-state index is 0.336. The molecule has 104 valence electrons. The van der Waals surface area contributed by atoms with E-state index in [0.29, 0.717) is 10.6 Å². The first-order valence-corrected chi connectivity index (χ1v) is 6.66. The standard InChI is InChI=1S/C17H10ClFO2/c18-15-8-7-11(12-3-1-2-4-13(12)15)10-5-6-14(17(20)21)16(19)9-10/h1-9H,(H,20,21). The molecule has 3 rings (SSSR count). The number of fused-ring (bicyclic) bond motifs is 1. The number of carboxylic acid groups (broad SMARTS) is 1. The van der Waals surface area contributed by atoms with Crippen molar-refractivity contribution >= 4 is 28.3 Å². The van der Waals surface area contributed by atoms with Gasteiger partial charge in [0.1, 0.15) is 5.82 Å². The van der Waals surface area contributed by atoms with Crippen molar-refractivity contribution in [2.75, 3.05) is 0 Å². The quantitative estimate of drug-likeness (QED) is 0.723. The van der Waals surface area contributed by atoms with Gasteiger partial charge in [0.25, 0.3) is 0 Å². The zero-order valence-electron chi connectivity index (χ0n) is 10.8. The summed E-state index contributed by atoms with van der Waals surface area (Å²) in [4.78, 5) is 10.9. The summed E-state index contributed by atoms with van der Waals surface area (Å²) < 4.78 is 13.9. The van der Waals surface area contributed by atoms with E-state index in [0.717, 1.165) is 16.3 Å². The summed E-state index contributed by atoms with van der Waals surface area (Å²) in [7, 11) is 0. The summed E-state index contributed by atoms with van der Waals surface area (Å²) in [6.07, 6.45) is 0. The molecule has 3 aromatic rings. The maximum absolute atomic E-state index is 13.9. The molecule has 0 saturated carbocycles. The van der Waals surface area contributed by atoms with Crippen molar-refractivity contribution in [1.29, 1.82) is 0 Å². The molecule has 0 atom stereocenters. The molecule has 3 aromatic carbocycles. The zero-order chi connectivity index (χ0) is 15.0. The lowest BCUT2D eigenvalue weighted by atomic mass is 9.97. The van der Waals surface area contributed by atoms with Crippen molar-refractivity contribution in [1.82, 2.24) is 0 Å². The molecule has 4 heteroatoms. The van der Waals surface area contributed by atoms with Gasteiger partial charge in [-0.25, -0.2) is 9.18 Å². The van der Waals surface area contributed by atoms with Gasteiger partial charge in [-0.05, 0) is 34.7 Å². The third-order valence-corrected chi connectivity index (χ3v) is 3.71. The molecule has 0 aliphatic carbocycles. The fraction of sp³-hybridized carbons (Fsp3) is 0. The SMILES string of the molecule is O=C(O)c1ccc(-c2ccc(Cl)c3ccccc23)cc1F. The lowest BCUT2D eigenvalue weighted by Gasteiger charge is -2.09. The van der Waals surface area contributed by atoms with E-state index in [4.69, 9.17) is 16.7 Å². The molecule has 0 amide bonds.